The molecule has 21 heavy (non-hydrogen) atoms. The van der Waals surface area contributed by atoms with Crippen molar-refractivity contribution in [2.75, 3.05) is 43.0 Å². The highest BCUT2D eigenvalue weighted by molar-refractivity contribution is 5.77. The minimum atomic E-state index is 0.0564. The van der Waals surface area contributed by atoms with Crippen LogP contribution in [0.1, 0.15) is 26.7 Å². The van der Waals surface area contributed by atoms with E-state index in [0.717, 1.165) is 13.0 Å². The Bertz CT molecular complexity index is 482. The molecule has 1 aliphatic heterocycles. The number of amides is 1. The van der Waals surface area contributed by atoms with E-state index in [4.69, 9.17) is 4.74 Å². The number of ether oxygens (including phenoxy) is 1. The lowest BCUT2D eigenvalue weighted by atomic mass is 10.4. The molecule has 1 amide bonds. The van der Waals surface area contributed by atoms with Crippen LogP contribution in [0.4, 0.5) is 11.9 Å². The Morgan fingerprint density at radius 1 is 1.29 bits per heavy atom. The van der Waals surface area contributed by atoms with Crippen LogP contribution in [-0.2, 0) is 4.79 Å². The van der Waals surface area contributed by atoms with Crippen molar-refractivity contribution in [2.45, 2.75) is 26.7 Å². The first-order valence-corrected chi connectivity index (χ1v) is 7.37. The van der Waals surface area contributed by atoms with Crippen LogP contribution in [0.3, 0.4) is 0 Å². The van der Waals surface area contributed by atoms with Gasteiger partial charge in [-0.2, -0.15) is 15.0 Å². The van der Waals surface area contributed by atoms with E-state index in [9.17, 15) is 4.79 Å². The smallest absolute Gasteiger partial charge is 0.323 e. The number of rotatable bonds is 6. The SMILES string of the molecule is CCCNc1nc(OCC)nc(N2CCNC(=O)CC2)n1. The molecule has 0 atom stereocenters. The summed E-state index contributed by atoms with van der Waals surface area (Å²) in [6, 6.07) is 0.310. The van der Waals surface area contributed by atoms with Gasteiger partial charge < -0.3 is 20.3 Å². The van der Waals surface area contributed by atoms with Crippen LogP contribution < -0.4 is 20.3 Å². The van der Waals surface area contributed by atoms with Gasteiger partial charge in [0.25, 0.3) is 0 Å². The molecule has 1 aliphatic rings. The highest BCUT2D eigenvalue weighted by Gasteiger charge is 2.18. The van der Waals surface area contributed by atoms with E-state index in [2.05, 4.69) is 32.5 Å². The lowest BCUT2D eigenvalue weighted by Crippen LogP contribution is -2.30. The van der Waals surface area contributed by atoms with E-state index in [-0.39, 0.29) is 5.91 Å². The van der Waals surface area contributed by atoms with Gasteiger partial charge in [-0.15, -0.1) is 0 Å². The largest absolute Gasteiger partial charge is 0.464 e. The Morgan fingerprint density at radius 3 is 2.90 bits per heavy atom. The summed E-state index contributed by atoms with van der Waals surface area (Å²) in [6.07, 6.45) is 1.42. The fourth-order valence-electron chi connectivity index (χ4n) is 1.96. The number of aromatic nitrogens is 3. The molecule has 0 saturated carbocycles. The summed E-state index contributed by atoms with van der Waals surface area (Å²) in [5, 5.41) is 5.98. The summed E-state index contributed by atoms with van der Waals surface area (Å²) in [5.74, 6) is 1.11. The van der Waals surface area contributed by atoms with Crippen molar-refractivity contribution in [3.63, 3.8) is 0 Å². The predicted molar refractivity (Wildman–Crippen MR) is 79.6 cm³/mol. The van der Waals surface area contributed by atoms with Crippen LogP contribution in [0.5, 0.6) is 6.01 Å². The van der Waals surface area contributed by atoms with Gasteiger partial charge in [-0.05, 0) is 13.3 Å². The van der Waals surface area contributed by atoms with Crippen LogP contribution in [0.15, 0.2) is 0 Å². The van der Waals surface area contributed by atoms with Crippen molar-refractivity contribution in [2.24, 2.45) is 0 Å². The molecule has 0 aromatic carbocycles. The van der Waals surface area contributed by atoms with Crippen molar-refractivity contribution >= 4 is 17.8 Å². The van der Waals surface area contributed by atoms with E-state index in [1.54, 1.807) is 0 Å². The summed E-state index contributed by atoms with van der Waals surface area (Å²) >= 11 is 0. The number of nitrogens with one attached hydrogen (secondary N) is 2. The van der Waals surface area contributed by atoms with Crippen LogP contribution >= 0.6 is 0 Å². The van der Waals surface area contributed by atoms with Gasteiger partial charge in [0, 0.05) is 32.6 Å². The van der Waals surface area contributed by atoms with Crippen LogP contribution in [0.25, 0.3) is 0 Å². The molecule has 1 fully saturated rings. The molecule has 1 aromatic heterocycles. The molecule has 0 bridgehead atoms. The maximum Gasteiger partial charge on any atom is 0.323 e. The van der Waals surface area contributed by atoms with Gasteiger partial charge >= 0.3 is 6.01 Å². The van der Waals surface area contributed by atoms with Crippen molar-refractivity contribution in [3.05, 3.63) is 0 Å². The first kappa shape index (κ1) is 15.3. The van der Waals surface area contributed by atoms with Crippen LogP contribution in [-0.4, -0.2) is 53.6 Å². The Hall–Kier alpha value is -2.12. The number of hydrogen-bond donors (Lipinski definition) is 2. The highest BCUT2D eigenvalue weighted by atomic mass is 16.5. The number of anilines is 2. The molecule has 0 spiro atoms. The van der Waals surface area contributed by atoms with Crippen molar-refractivity contribution in [1.82, 2.24) is 20.3 Å². The van der Waals surface area contributed by atoms with Crippen molar-refractivity contribution in [1.29, 1.82) is 0 Å². The number of hydrogen-bond acceptors (Lipinski definition) is 7. The molecule has 1 saturated heterocycles. The van der Waals surface area contributed by atoms with Crippen LogP contribution in [0, 0.1) is 0 Å². The van der Waals surface area contributed by atoms with Gasteiger partial charge in [-0.25, -0.2) is 0 Å². The average Bonchev–Trinajstić information content (AvgIpc) is 2.70. The Balaban J connectivity index is 2.19. The predicted octanol–water partition coefficient (Wildman–Crippen LogP) is 0.418. The van der Waals surface area contributed by atoms with Crippen LogP contribution in [0.2, 0.25) is 0 Å². The zero-order valence-corrected chi connectivity index (χ0v) is 12.6. The Morgan fingerprint density at radius 2 is 2.14 bits per heavy atom. The molecular formula is C13H22N6O2. The molecule has 8 heteroatoms. The normalized spacial score (nSPS) is 15.3. The van der Waals surface area contributed by atoms with Gasteiger partial charge in [0.2, 0.25) is 17.8 Å². The third-order valence-electron chi connectivity index (χ3n) is 3.01. The van der Waals surface area contributed by atoms with E-state index in [1.807, 2.05) is 11.8 Å². The number of carbonyl (C=O) groups excluding carboxylic acids is 1. The second kappa shape index (κ2) is 7.61. The fourth-order valence-corrected chi connectivity index (χ4v) is 1.96. The second-order valence-corrected chi connectivity index (χ2v) is 4.69. The Labute approximate surface area is 124 Å². The summed E-state index contributed by atoms with van der Waals surface area (Å²) in [4.78, 5) is 26.4. The Kier molecular flexibility index (Phi) is 5.53. The molecule has 2 N–H and O–H groups in total. The van der Waals surface area contributed by atoms with E-state index in [1.165, 1.54) is 0 Å². The molecule has 2 heterocycles. The zero-order valence-electron chi connectivity index (χ0n) is 12.6. The average molecular weight is 294 g/mol. The van der Waals surface area contributed by atoms with Gasteiger partial charge in [0.05, 0.1) is 6.61 Å². The second-order valence-electron chi connectivity index (χ2n) is 4.69. The molecule has 0 unspecified atom stereocenters. The molecule has 0 aliphatic carbocycles. The quantitative estimate of drug-likeness (QED) is 0.785. The third kappa shape index (κ3) is 4.44. The minimum absolute atomic E-state index is 0.0564. The standard InChI is InChI=1S/C13H22N6O2/c1-3-6-15-11-16-12(18-13(17-11)21-4-2)19-8-5-10(20)14-7-9-19/h3-9H2,1-2H3,(H,14,20)(H,15,16,17,18). The summed E-state index contributed by atoms with van der Waals surface area (Å²) in [6.45, 7) is 7.10. The van der Waals surface area contributed by atoms with E-state index < -0.39 is 0 Å². The number of carbonyl (C=O) groups is 1. The van der Waals surface area contributed by atoms with Gasteiger partial charge in [0.1, 0.15) is 0 Å². The lowest BCUT2D eigenvalue weighted by Gasteiger charge is -2.20. The molecular weight excluding hydrogens is 272 g/mol. The molecule has 1 aromatic rings. The fraction of sp³-hybridized carbons (Fsp3) is 0.692. The summed E-state index contributed by atoms with van der Waals surface area (Å²) in [5.41, 5.74) is 0. The zero-order chi connectivity index (χ0) is 15.1. The molecule has 2 rings (SSSR count). The molecule has 0 radical (unpaired) electrons. The third-order valence-corrected chi connectivity index (χ3v) is 3.01. The number of nitrogens with zero attached hydrogens (tertiary/aromatic N) is 4. The van der Waals surface area contributed by atoms with Crippen molar-refractivity contribution in [3.8, 4) is 6.01 Å². The highest BCUT2D eigenvalue weighted by Crippen LogP contribution is 2.16. The topological polar surface area (TPSA) is 92.3 Å². The maximum atomic E-state index is 11.4. The summed E-state index contributed by atoms with van der Waals surface area (Å²) in [7, 11) is 0. The maximum absolute atomic E-state index is 11.4. The van der Waals surface area contributed by atoms with E-state index in [0.29, 0.717) is 50.6 Å². The lowest BCUT2D eigenvalue weighted by molar-refractivity contribution is -0.120. The molecule has 116 valence electrons. The van der Waals surface area contributed by atoms with Crippen molar-refractivity contribution < 1.29 is 9.53 Å². The van der Waals surface area contributed by atoms with Gasteiger partial charge in [0.15, 0.2) is 0 Å². The first-order valence-electron chi connectivity index (χ1n) is 7.37. The molecule has 8 nitrogen and oxygen atoms in total. The summed E-state index contributed by atoms with van der Waals surface area (Å²) < 4.78 is 5.40. The van der Waals surface area contributed by atoms with E-state index >= 15 is 0 Å². The van der Waals surface area contributed by atoms with Gasteiger partial charge in [-0.1, -0.05) is 6.92 Å². The van der Waals surface area contributed by atoms with Gasteiger partial charge in [-0.3, -0.25) is 4.79 Å². The first-order chi connectivity index (χ1) is 10.2. The minimum Gasteiger partial charge on any atom is -0.464 e. The monoisotopic (exact) mass is 294 g/mol.